The number of carbonyl (C=O) groups is 1. The summed E-state index contributed by atoms with van der Waals surface area (Å²) >= 11 is 0. The van der Waals surface area contributed by atoms with Crippen molar-refractivity contribution in [3.63, 3.8) is 0 Å². The van der Waals surface area contributed by atoms with Crippen LogP contribution in [0, 0.1) is 0 Å². The van der Waals surface area contributed by atoms with Gasteiger partial charge in [0.25, 0.3) is 0 Å². The van der Waals surface area contributed by atoms with Gasteiger partial charge in [0.15, 0.2) is 0 Å². The summed E-state index contributed by atoms with van der Waals surface area (Å²) in [7, 11) is -3.71. The van der Waals surface area contributed by atoms with Crippen molar-refractivity contribution in [2.75, 3.05) is 0 Å². The van der Waals surface area contributed by atoms with Crippen LogP contribution in [0.2, 0.25) is 0 Å². The Kier molecular flexibility index (Phi) is 5.74. The van der Waals surface area contributed by atoms with Crippen LogP contribution in [-0.4, -0.2) is 25.5 Å². The summed E-state index contributed by atoms with van der Waals surface area (Å²) in [4.78, 5) is 11.2. The molecule has 0 spiro atoms. The van der Waals surface area contributed by atoms with Gasteiger partial charge in [-0.25, -0.2) is 13.1 Å². The predicted octanol–water partition coefficient (Wildman–Crippen LogP) is 2.90. The van der Waals surface area contributed by atoms with Gasteiger partial charge in [-0.3, -0.25) is 4.79 Å². The number of carboxylic acids is 1. The van der Waals surface area contributed by atoms with E-state index >= 15 is 0 Å². The molecule has 0 heterocycles. The topological polar surface area (TPSA) is 83.5 Å². The quantitative estimate of drug-likeness (QED) is 0.777. The lowest BCUT2D eigenvalue weighted by Crippen LogP contribution is -2.41. The van der Waals surface area contributed by atoms with Gasteiger partial charge < -0.3 is 5.11 Å². The molecule has 0 aliphatic carbocycles. The number of rotatable bonds is 8. The van der Waals surface area contributed by atoms with Gasteiger partial charge in [0.1, 0.15) is 6.04 Å². The number of aliphatic carboxylic acids is 1. The van der Waals surface area contributed by atoms with Crippen LogP contribution in [-0.2, 0) is 20.6 Å². The first-order valence-corrected chi connectivity index (χ1v) is 9.27. The molecule has 0 saturated carbocycles. The van der Waals surface area contributed by atoms with Gasteiger partial charge in [0.05, 0.1) is 5.75 Å². The normalized spacial score (nSPS) is 13.1. The van der Waals surface area contributed by atoms with E-state index in [2.05, 4.69) is 4.72 Å². The molecular weight excluding hydrogens is 314 g/mol. The summed E-state index contributed by atoms with van der Waals surface area (Å²) in [6.45, 7) is 1.93. The van der Waals surface area contributed by atoms with E-state index in [0.29, 0.717) is 18.4 Å². The lowest BCUT2D eigenvalue weighted by Gasteiger charge is -2.14. The molecule has 2 aromatic rings. The molecule has 0 amide bonds. The first kappa shape index (κ1) is 17.4. The minimum absolute atomic E-state index is 0.228. The third-order valence-corrected chi connectivity index (χ3v) is 4.99. The van der Waals surface area contributed by atoms with Crippen molar-refractivity contribution < 1.29 is 18.3 Å². The van der Waals surface area contributed by atoms with Gasteiger partial charge in [-0.05, 0) is 22.8 Å². The van der Waals surface area contributed by atoms with Crippen LogP contribution in [0.25, 0.3) is 10.8 Å². The van der Waals surface area contributed by atoms with Crippen LogP contribution in [0.3, 0.4) is 0 Å². The number of benzene rings is 2. The number of hydrogen-bond donors (Lipinski definition) is 2. The first-order chi connectivity index (χ1) is 10.9. The van der Waals surface area contributed by atoms with Crippen molar-refractivity contribution >= 4 is 26.8 Å². The highest BCUT2D eigenvalue weighted by atomic mass is 32.2. The van der Waals surface area contributed by atoms with E-state index in [4.69, 9.17) is 5.11 Å². The number of nitrogens with one attached hydrogen (secondary N) is 1. The summed E-state index contributed by atoms with van der Waals surface area (Å²) in [5.41, 5.74) is 0.635. The fraction of sp³-hybridized carbons (Fsp3) is 0.353. The monoisotopic (exact) mass is 335 g/mol. The molecule has 0 radical (unpaired) electrons. The molecule has 0 aromatic heterocycles. The smallest absolute Gasteiger partial charge is 0.321 e. The van der Waals surface area contributed by atoms with Crippen LogP contribution in [0.1, 0.15) is 31.7 Å². The molecule has 2 rings (SSSR count). The van der Waals surface area contributed by atoms with E-state index in [1.165, 1.54) is 0 Å². The third kappa shape index (κ3) is 5.04. The van der Waals surface area contributed by atoms with Crippen molar-refractivity contribution in [1.29, 1.82) is 0 Å². The second kappa shape index (κ2) is 7.57. The number of sulfonamides is 1. The molecule has 124 valence electrons. The summed E-state index contributed by atoms with van der Waals surface area (Å²) in [6, 6.07) is 12.1. The third-order valence-electron chi connectivity index (χ3n) is 3.64. The molecule has 0 aliphatic heterocycles. The Morgan fingerprint density at radius 2 is 1.87 bits per heavy atom. The number of unbranched alkanes of at least 4 members (excludes halogenated alkanes) is 1. The van der Waals surface area contributed by atoms with Crippen molar-refractivity contribution in [3.05, 3.63) is 48.0 Å². The Hall–Kier alpha value is -1.92. The zero-order chi connectivity index (χ0) is 16.9. The van der Waals surface area contributed by atoms with E-state index in [0.717, 1.165) is 17.2 Å². The second-order valence-electron chi connectivity index (χ2n) is 5.59. The van der Waals surface area contributed by atoms with E-state index in [1.807, 2.05) is 43.3 Å². The fourth-order valence-corrected chi connectivity index (χ4v) is 3.80. The van der Waals surface area contributed by atoms with E-state index in [1.54, 1.807) is 6.07 Å². The summed E-state index contributed by atoms with van der Waals surface area (Å²) in [5.74, 6) is -1.37. The van der Waals surface area contributed by atoms with Gasteiger partial charge >= 0.3 is 5.97 Å². The van der Waals surface area contributed by atoms with Crippen LogP contribution in [0.5, 0.6) is 0 Å². The van der Waals surface area contributed by atoms with Crippen molar-refractivity contribution in [3.8, 4) is 0 Å². The van der Waals surface area contributed by atoms with Crippen LogP contribution in [0.4, 0.5) is 0 Å². The Morgan fingerprint density at radius 1 is 1.17 bits per heavy atom. The van der Waals surface area contributed by atoms with Gasteiger partial charge in [0.2, 0.25) is 10.0 Å². The van der Waals surface area contributed by atoms with Crippen LogP contribution in [0.15, 0.2) is 42.5 Å². The highest BCUT2D eigenvalue weighted by Gasteiger charge is 2.23. The van der Waals surface area contributed by atoms with E-state index in [9.17, 15) is 13.2 Å². The van der Waals surface area contributed by atoms with Crippen molar-refractivity contribution in [2.24, 2.45) is 0 Å². The minimum Gasteiger partial charge on any atom is -0.480 e. The largest absolute Gasteiger partial charge is 0.480 e. The Balaban J connectivity index is 2.13. The minimum atomic E-state index is -3.71. The molecule has 1 unspecified atom stereocenters. The number of carboxylic acid groups (broad SMARTS) is 1. The van der Waals surface area contributed by atoms with Gasteiger partial charge in [-0.1, -0.05) is 62.2 Å². The maximum Gasteiger partial charge on any atom is 0.321 e. The van der Waals surface area contributed by atoms with Gasteiger partial charge in [-0.2, -0.15) is 0 Å². The molecule has 0 fully saturated rings. The second-order valence-corrected chi connectivity index (χ2v) is 7.35. The fourth-order valence-electron chi connectivity index (χ4n) is 2.45. The number of hydrogen-bond acceptors (Lipinski definition) is 3. The highest BCUT2D eigenvalue weighted by molar-refractivity contribution is 7.88. The lowest BCUT2D eigenvalue weighted by molar-refractivity contribution is -0.139. The molecule has 2 aromatic carbocycles. The number of fused-ring (bicyclic) bond motifs is 1. The molecule has 0 bridgehead atoms. The predicted molar refractivity (Wildman–Crippen MR) is 90.7 cm³/mol. The first-order valence-electron chi connectivity index (χ1n) is 7.62. The molecule has 5 nitrogen and oxygen atoms in total. The van der Waals surface area contributed by atoms with E-state index < -0.39 is 22.0 Å². The molecule has 1 atom stereocenters. The van der Waals surface area contributed by atoms with Gasteiger partial charge in [-0.15, -0.1) is 0 Å². The average Bonchev–Trinajstić information content (AvgIpc) is 2.50. The van der Waals surface area contributed by atoms with Gasteiger partial charge in [0, 0.05) is 0 Å². The maximum atomic E-state index is 12.2. The van der Waals surface area contributed by atoms with Crippen LogP contribution >= 0.6 is 0 Å². The molecule has 6 heteroatoms. The zero-order valence-electron chi connectivity index (χ0n) is 13.0. The zero-order valence-corrected chi connectivity index (χ0v) is 13.8. The molecule has 2 N–H and O–H groups in total. The SMILES string of the molecule is CCCCC(NS(=O)(=O)Cc1ccc2ccccc2c1)C(=O)O. The molecular formula is C17H21NO4S. The molecule has 0 saturated heterocycles. The average molecular weight is 335 g/mol. The Bertz CT molecular complexity index is 786. The lowest BCUT2D eigenvalue weighted by atomic mass is 10.1. The summed E-state index contributed by atoms with van der Waals surface area (Å²) in [5, 5.41) is 11.1. The molecule has 0 aliphatic rings. The van der Waals surface area contributed by atoms with Crippen LogP contribution < -0.4 is 4.72 Å². The van der Waals surface area contributed by atoms with Crippen molar-refractivity contribution in [1.82, 2.24) is 4.72 Å². The summed E-state index contributed by atoms with van der Waals surface area (Å²) in [6.07, 6.45) is 1.77. The Morgan fingerprint density at radius 3 is 2.52 bits per heavy atom. The Labute approximate surface area is 136 Å². The summed E-state index contributed by atoms with van der Waals surface area (Å²) < 4.78 is 26.8. The standard InChI is InChI=1S/C17H21NO4S/c1-2-3-8-16(17(19)20)18-23(21,22)12-13-9-10-14-6-4-5-7-15(14)11-13/h4-7,9-11,16,18H,2-3,8,12H2,1H3,(H,19,20). The highest BCUT2D eigenvalue weighted by Crippen LogP contribution is 2.17. The molecule has 23 heavy (non-hydrogen) atoms. The maximum absolute atomic E-state index is 12.2. The van der Waals surface area contributed by atoms with E-state index in [-0.39, 0.29) is 5.75 Å². The van der Waals surface area contributed by atoms with Crippen molar-refractivity contribution in [2.45, 2.75) is 38.0 Å².